The molecule has 0 aliphatic carbocycles. The summed E-state index contributed by atoms with van der Waals surface area (Å²) in [6.45, 7) is 1.29. The summed E-state index contributed by atoms with van der Waals surface area (Å²) >= 11 is 0. The van der Waals surface area contributed by atoms with E-state index in [1.54, 1.807) is 6.92 Å². The fourth-order valence-corrected chi connectivity index (χ4v) is 0.931. The fraction of sp³-hybridized carbons (Fsp3) is 0.800. The smallest absolute Gasteiger partial charge is 0.407 e. The molecule has 0 saturated carbocycles. The Balaban J connectivity index is 3.76. The van der Waals surface area contributed by atoms with Crippen LogP contribution in [0.25, 0.3) is 0 Å². The van der Waals surface area contributed by atoms with Gasteiger partial charge in [0.15, 0.2) is 6.29 Å². The molecule has 2 unspecified atom stereocenters. The van der Waals surface area contributed by atoms with E-state index in [4.69, 9.17) is 24.4 Å². The third-order valence-corrected chi connectivity index (χ3v) is 1.86. The molecular weight excluding hydrogens is 246 g/mol. The van der Waals surface area contributed by atoms with Crippen LogP contribution in [0.5, 0.6) is 0 Å². The summed E-state index contributed by atoms with van der Waals surface area (Å²) in [6.07, 6.45) is -2.15. The molecule has 2 atom stereocenters. The van der Waals surface area contributed by atoms with E-state index < -0.39 is 24.5 Å². The minimum atomic E-state index is -1.01. The first kappa shape index (κ1) is 16.6. The summed E-state index contributed by atoms with van der Waals surface area (Å²) in [5.74, 6) is -1.01. The number of carbonyl (C=O) groups is 2. The van der Waals surface area contributed by atoms with Crippen LogP contribution in [-0.4, -0.2) is 61.5 Å². The maximum atomic E-state index is 11.1. The molecule has 0 rings (SSSR count). The SMILES string of the molecule is COC(COC(=O)NCCC(=O)O)OC(C)CO. The Morgan fingerprint density at radius 1 is 1.39 bits per heavy atom. The molecule has 0 aromatic carbocycles. The van der Waals surface area contributed by atoms with Gasteiger partial charge in [0.2, 0.25) is 0 Å². The molecule has 0 spiro atoms. The van der Waals surface area contributed by atoms with Gasteiger partial charge in [-0.15, -0.1) is 0 Å². The topological polar surface area (TPSA) is 114 Å². The number of alkyl carbamates (subject to hydrolysis) is 1. The summed E-state index contributed by atoms with van der Waals surface area (Å²) in [5, 5.41) is 19.4. The normalized spacial score (nSPS) is 13.7. The van der Waals surface area contributed by atoms with E-state index in [1.807, 2.05) is 0 Å². The Labute approximate surface area is 105 Å². The maximum Gasteiger partial charge on any atom is 0.407 e. The number of carbonyl (C=O) groups excluding carboxylic acids is 1. The number of ether oxygens (including phenoxy) is 3. The number of aliphatic carboxylic acids is 1. The summed E-state index contributed by atoms with van der Waals surface area (Å²) in [7, 11) is 1.38. The molecule has 0 fully saturated rings. The molecular formula is C10H19NO7. The zero-order valence-electron chi connectivity index (χ0n) is 10.4. The average Bonchev–Trinajstić information content (AvgIpc) is 2.33. The summed E-state index contributed by atoms with van der Waals surface area (Å²) in [6, 6.07) is 0. The quantitative estimate of drug-likeness (QED) is 0.484. The van der Waals surface area contributed by atoms with Gasteiger partial charge in [-0.3, -0.25) is 4.79 Å². The van der Waals surface area contributed by atoms with Crippen LogP contribution in [0.2, 0.25) is 0 Å². The van der Waals surface area contributed by atoms with Gasteiger partial charge >= 0.3 is 12.1 Å². The Bertz CT molecular complexity index is 259. The van der Waals surface area contributed by atoms with Crippen molar-refractivity contribution in [3.63, 3.8) is 0 Å². The number of amides is 1. The van der Waals surface area contributed by atoms with Gasteiger partial charge in [-0.1, -0.05) is 0 Å². The molecule has 3 N–H and O–H groups in total. The second-order valence-electron chi connectivity index (χ2n) is 3.46. The highest BCUT2D eigenvalue weighted by atomic mass is 16.7. The predicted molar refractivity (Wildman–Crippen MR) is 60.0 cm³/mol. The largest absolute Gasteiger partial charge is 0.481 e. The van der Waals surface area contributed by atoms with Crippen LogP contribution in [0, 0.1) is 0 Å². The number of aliphatic hydroxyl groups excluding tert-OH is 1. The van der Waals surface area contributed by atoms with Crippen LogP contribution >= 0.6 is 0 Å². The van der Waals surface area contributed by atoms with Crippen molar-refractivity contribution in [1.82, 2.24) is 5.32 Å². The lowest BCUT2D eigenvalue weighted by Gasteiger charge is -2.19. The Kier molecular flexibility index (Phi) is 8.89. The van der Waals surface area contributed by atoms with Crippen molar-refractivity contribution >= 4 is 12.1 Å². The van der Waals surface area contributed by atoms with E-state index in [1.165, 1.54) is 7.11 Å². The van der Waals surface area contributed by atoms with E-state index in [0.29, 0.717) is 0 Å². The van der Waals surface area contributed by atoms with Crippen LogP contribution in [0.15, 0.2) is 0 Å². The van der Waals surface area contributed by atoms with Crippen molar-refractivity contribution in [1.29, 1.82) is 0 Å². The van der Waals surface area contributed by atoms with E-state index in [0.717, 1.165) is 0 Å². The van der Waals surface area contributed by atoms with Crippen LogP contribution < -0.4 is 5.32 Å². The van der Waals surface area contributed by atoms with Crippen LogP contribution in [0.1, 0.15) is 13.3 Å². The predicted octanol–water partition coefficient (Wildman–Crippen LogP) is -0.443. The van der Waals surface area contributed by atoms with E-state index in [9.17, 15) is 9.59 Å². The highest BCUT2D eigenvalue weighted by Gasteiger charge is 2.14. The zero-order valence-corrected chi connectivity index (χ0v) is 10.4. The summed E-state index contributed by atoms with van der Waals surface area (Å²) in [5.41, 5.74) is 0. The zero-order chi connectivity index (χ0) is 14.0. The molecule has 1 amide bonds. The molecule has 0 aromatic heterocycles. The lowest BCUT2D eigenvalue weighted by atomic mass is 10.4. The number of aliphatic hydroxyl groups is 1. The standard InChI is InChI=1S/C10H19NO7/c1-7(5-12)18-9(16-2)6-17-10(15)11-4-3-8(13)14/h7,9,12H,3-6H2,1-2H3,(H,11,15)(H,13,14). The molecule has 0 saturated heterocycles. The van der Waals surface area contributed by atoms with E-state index >= 15 is 0 Å². The molecule has 0 bridgehead atoms. The molecule has 0 radical (unpaired) electrons. The molecule has 8 heteroatoms. The second-order valence-corrected chi connectivity index (χ2v) is 3.46. The minimum Gasteiger partial charge on any atom is -0.481 e. The first-order chi connectivity index (χ1) is 8.49. The van der Waals surface area contributed by atoms with Gasteiger partial charge in [-0.2, -0.15) is 0 Å². The van der Waals surface area contributed by atoms with Crippen molar-refractivity contribution in [2.45, 2.75) is 25.7 Å². The number of rotatable bonds is 9. The molecule has 0 aliphatic heterocycles. The van der Waals surface area contributed by atoms with Crippen molar-refractivity contribution in [3.8, 4) is 0 Å². The van der Waals surface area contributed by atoms with Crippen LogP contribution in [0.4, 0.5) is 4.79 Å². The summed E-state index contributed by atoms with van der Waals surface area (Å²) in [4.78, 5) is 21.3. The highest BCUT2D eigenvalue weighted by Crippen LogP contribution is 2.00. The third-order valence-electron chi connectivity index (χ3n) is 1.86. The molecule has 18 heavy (non-hydrogen) atoms. The number of carboxylic acid groups (broad SMARTS) is 1. The van der Waals surface area contributed by atoms with Crippen molar-refractivity contribution in [2.24, 2.45) is 0 Å². The molecule has 8 nitrogen and oxygen atoms in total. The Morgan fingerprint density at radius 2 is 2.06 bits per heavy atom. The highest BCUT2D eigenvalue weighted by molar-refractivity contribution is 5.70. The molecule has 106 valence electrons. The van der Waals surface area contributed by atoms with Crippen molar-refractivity contribution < 1.29 is 34.0 Å². The number of carboxylic acids is 1. The summed E-state index contributed by atoms with van der Waals surface area (Å²) < 4.78 is 14.8. The Hall–Kier alpha value is -1.38. The van der Waals surface area contributed by atoms with Crippen LogP contribution in [0.3, 0.4) is 0 Å². The van der Waals surface area contributed by atoms with Gasteiger partial charge < -0.3 is 29.7 Å². The monoisotopic (exact) mass is 265 g/mol. The number of nitrogens with one attached hydrogen (secondary N) is 1. The molecule has 0 aromatic rings. The average molecular weight is 265 g/mol. The van der Waals surface area contributed by atoms with Crippen LogP contribution in [-0.2, 0) is 19.0 Å². The van der Waals surface area contributed by atoms with Gasteiger partial charge in [0.05, 0.1) is 19.1 Å². The number of methoxy groups -OCH3 is 1. The van der Waals surface area contributed by atoms with Gasteiger partial charge in [-0.05, 0) is 6.92 Å². The van der Waals surface area contributed by atoms with E-state index in [2.05, 4.69) is 5.32 Å². The van der Waals surface area contributed by atoms with E-state index in [-0.39, 0.29) is 26.2 Å². The lowest BCUT2D eigenvalue weighted by Crippen LogP contribution is -2.33. The number of hydrogen-bond donors (Lipinski definition) is 3. The van der Waals surface area contributed by atoms with Gasteiger partial charge in [0.1, 0.15) is 6.61 Å². The molecule has 0 aliphatic rings. The second kappa shape index (κ2) is 9.63. The van der Waals surface area contributed by atoms with Crippen molar-refractivity contribution in [3.05, 3.63) is 0 Å². The first-order valence-electron chi connectivity index (χ1n) is 5.41. The fourth-order valence-electron chi connectivity index (χ4n) is 0.931. The van der Waals surface area contributed by atoms with Crippen molar-refractivity contribution in [2.75, 3.05) is 26.9 Å². The van der Waals surface area contributed by atoms with Gasteiger partial charge in [-0.25, -0.2) is 4.79 Å². The third kappa shape index (κ3) is 8.74. The Morgan fingerprint density at radius 3 is 2.56 bits per heavy atom. The lowest BCUT2D eigenvalue weighted by molar-refractivity contribution is -0.176. The van der Waals surface area contributed by atoms with Gasteiger partial charge in [0.25, 0.3) is 0 Å². The van der Waals surface area contributed by atoms with Gasteiger partial charge in [0, 0.05) is 13.7 Å². The first-order valence-corrected chi connectivity index (χ1v) is 5.41. The maximum absolute atomic E-state index is 11.1. The minimum absolute atomic E-state index is 0.0142. The number of hydrogen-bond acceptors (Lipinski definition) is 6. The molecule has 0 heterocycles.